The minimum absolute atomic E-state index is 0.225. The van der Waals surface area contributed by atoms with Gasteiger partial charge in [-0.1, -0.05) is 30.7 Å². The highest BCUT2D eigenvalue weighted by molar-refractivity contribution is 5.12. The van der Waals surface area contributed by atoms with Crippen molar-refractivity contribution in [2.75, 3.05) is 0 Å². The topological polar surface area (TPSA) is 40.5 Å². The van der Waals surface area contributed by atoms with Crippen LogP contribution in [0.4, 0.5) is 0 Å². The highest BCUT2D eigenvalue weighted by Crippen LogP contribution is 2.60. The van der Waals surface area contributed by atoms with E-state index < -0.39 is 11.2 Å². The summed E-state index contributed by atoms with van der Waals surface area (Å²) in [5.74, 6) is 1.06. The standard InChI is InChI=1S/C20H34O2/c1-15-8-6-12-20(5,22)17-14-16(17)19(4,13-9-15)11-7-10-18(2,3)21/h7-8,10,16-17,21-22H,6,9,11-14H2,1-5H3/b10-7+,15-8-/t16-,17-,19-,20-/m0/s1. The van der Waals surface area contributed by atoms with Crippen molar-refractivity contribution in [1.29, 1.82) is 0 Å². The Bertz CT molecular complexity index is 453. The lowest BCUT2D eigenvalue weighted by Crippen LogP contribution is -2.31. The molecular formula is C20H34O2. The molecule has 0 aromatic rings. The monoisotopic (exact) mass is 306 g/mol. The quantitative estimate of drug-likeness (QED) is 0.747. The lowest BCUT2D eigenvalue weighted by Gasteiger charge is -2.34. The summed E-state index contributed by atoms with van der Waals surface area (Å²) in [7, 11) is 0. The molecule has 0 aliphatic heterocycles. The molecule has 4 atom stereocenters. The van der Waals surface area contributed by atoms with Crippen LogP contribution in [-0.2, 0) is 0 Å². The molecule has 0 amide bonds. The number of rotatable bonds is 3. The molecule has 0 aromatic carbocycles. The molecule has 0 heterocycles. The minimum Gasteiger partial charge on any atom is -0.390 e. The third-order valence-corrected chi connectivity index (χ3v) is 5.83. The van der Waals surface area contributed by atoms with Crippen molar-refractivity contribution < 1.29 is 10.2 Å². The van der Waals surface area contributed by atoms with E-state index in [1.807, 2.05) is 26.8 Å². The fourth-order valence-electron chi connectivity index (χ4n) is 4.09. The summed E-state index contributed by atoms with van der Waals surface area (Å²) in [5, 5.41) is 20.7. The Morgan fingerprint density at radius 2 is 1.95 bits per heavy atom. The molecule has 0 bridgehead atoms. The molecule has 0 aromatic heterocycles. The highest BCUT2D eigenvalue weighted by atomic mass is 16.3. The largest absolute Gasteiger partial charge is 0.390 e. The molecule has 2 N–H and O–H groups in total. The van der Waals surface area contributed by atoms with Crippen LogP contribution in [0.2, 0.25) is 0 Å². The average molecular weight is 306 g/mol. The van der Waals surface area contributed by atoms with Gasteiger partial charge in [-0.05, 0) is 83.5 Å². The molecule has 1 fully saturated rings. The van der Waals surface area contributed by atoms with E-state index in [2.05, 4.69) is 26.0 Å². The number of aliphatic hydroxyl groups is 2. The normalized spacial score (nSPS) is 42.6. The van der Waals surface area contributed by atoms with Gasteiger partial charge in [-0.15, -0.1) is 0 Å². The van der Waals surface area contributed by atoms with Crippen LogP contribution >= 0.6 is 0 Å². The maximum Gasteiger partial charge on any atom is 0.0771 e. The van der Waals surface area contributed by atoms with E-state index >= 15 is 0 Å². The Morgan fingerprint density at radius 3 is 2.59 bits per heavy atom. The zero-order valence-corrected chi connectivity index (χ0v) is 15.0. The summed E-state index contributed by atoms with van der Waals surface area (Å²) in [6.45, 7) is 10.2. The van der Waals surface area contributed by atoms with Crippen LogP contribution in [0.5, 0.6) is 0 Å². The zero-order valence-electron chi connectivity index (χ0n) is 15.0. The van der Waals surface area contributed by atoms with E-state index in [0.29, 0.717) is 11.8 Å². The summed E-state index contributed by atoms with van der Waals surface area (Å²) >= 11 is 0. The van der Waals surface area contributed by atoms with E-state index in [-0.39, 0.29) is 5.41 Å². The maximum absolute atomic E-state index is 10.8. The molecule has 0 spiro atoms. The molecule has 2 heteroatoms. The van der Waals surface area contributed by atoms with Gasteiger partial charge >= 0.3 is 0 Å². The van der Waals surface area contributed by atoms with E-state index in [9.17, 15) is 10.2 Å². The van der Waals surface area contributed by atoms with E-state index in [1.54, 1.807) is 0 Å². The van der Waals surface area contributed by atoms with Crippen molar-refractivity contribution in [2.24, 2.45) is 17.3 Å². The minimum atomic E-state index is -0.739. The molecule has 22 heavy (non-hydrogen) atoms. The first-order chi connectivity index (χ1) is 10.0. The van der Waals surface area contributed by atoms with Crippen LogP contribution in [0.25, 0.3) is 0 Å². The first-order valence-corrected chi connectivity index (χ1v) is 8.82. The van der Waals surface area contributed by atoms with Crippen molar-refractivity contribution in [3.05, 3.63) is 23.8 Å². The van der Waals surface area contributed by atoms with Gasteiger partial charge in [-0.25, -0.2) is 0 Å². The van der Waals surface area contributed by atoms with E-state index in [0.717, 1.165) is 32.1 Å². The van der Waals surface area contributed by atoms with Gasteiger partial charge in [0, 0.05) is 0 Å². The van der Waals surface area contributed by atoms with Gasteiger partial charge in [0.05, 0.1) is 11.2 Å². The van der Waals surface area contributed by atoms with Crippen LogP contribution in [0.3, 0.4) is 0 Å². The molecular weight excluding hydrogens is 272 g/mol. The van der Waals surface area contributed by atoms with Crippen LogP contribution in [0.15, 0.2) is 23.8 Å². The van der Waals surface area contributed by atoms with E-state index in [1.165, 1.54) is 12.0 Å². The van der Waals surface area contributed by atoms with Crippen molar-refractivity contribution in [3.63, 3.8) is 0 Å². The molecule has 0 unspecified atom stereocenters. The fourth-order valence-corrected chi connectivity index (χ4v) is 4.09. The number of fused-ring (bicyclic) bond motifs is 1. The van der Waals surface area contributed by atoms with Gasteiger partial charge in [-0.2, -0.15) is 0 Å². The predicted molar refractivity (Wildman–Crippen MR) is 92.6 cm³/mol. The number of hydrogen-bond donors (Lipinski definition) is 2. The van der Waals surface area contributed by atoms with Crippen molar-refractivity contribution in [2.45, 2.75) is 84.3 Å². The van der Waals surface area contributed by atoms with Crippen molar-refractivity contribution in [1.82, 2.24) is 0 Å². The maximum atomic E-state index is 10.8. The van der Waals surface area contributed by atoms with E-state index in [4.69, 9.17) is 0 Å². The molecule has 2 rings (SSSR count). The van der Waals surface area contributed by atoms with Crippen molar-refractivity contribution >= 4 is 0 Å². The zero-order chi connectivity index (χ0) is 16.6. The third kappa shape index (κ3) is 4.45. The Morgan fingerprint density at radius 1 is 1.27 bits per heavy atom. The second kappa shape index (κ2) is 6.13. The molecule has 0 saturated heterocycles. The van der Waals surface area contributed by atoms with Crippen LogP contribution in [0, 0.1) is 17.3 Å². The third-order valence-electron chi connectivity index (χ3n) is 5.83. The lowest BCUT2D eigenvalue weighted by molar-refractivity contribution is 0.0131. The number of allylic oxidation sites excluding steroid dienone is 3. The molecule has 1 saturated carbocycles. The first kappa shape index (κ1) is 17.7. The number of hydrogen-bond acceptors (Lipinski definition) is 2. The molecule has 2 aliphatic rings. The van der Waals surface area contributed by atoms with Gasteiger partial charge in [0.15, 0.2) is 0 Å². The Kier molecular flexibility index (Phi) is 4.94. The van der Waals surface area contributed by atoms with Gasteiger partial charge in [-0.3, -0.25) is 0 Å². The molecule has 2 nitrogen and oxygen atoms in total. The Labute approximate surface area is 136 Å². The van der Waals surface area contributed by atoms with Crippen LogP contribution < -0.4 is 0 Å². The highest BCUT2D eigenvalue weighted by Gasteiger charge is 2.56. The summed E-state index contributed by atoms with van der Waals surface area (Å²) in [4.78, 5) is 0. The summed E-state index contributed by atoms with van der Waals surface area (Å²) in [6.07, 6.45) is 12.7. The smallest absolute Gasteiger partial charge is 0.0771 e. The lowest BCUT2D eigenvalue weighted by atomic mass is 9.73. The van der Waals surface area contributed by atoms with Crippen LogP contribution in [-0.4, -0.2) is 21.4 Å². The molecule has 2 aliphatic carbocycles. The van der Waals surface area contributed by atoms with Gasteiger partial charge in [0.25, 0.3) is 0 Å². The van der Waals surface area contributed by atoms with Crippen LogP contribution in [0.1, 0.15) is 73.1 Å². The first-order valence-electron chi connectivity index (χ1n) is 8.82. The second-order valence-corrected chi connectivity index (χ2v) is 8.81. The van der Waals surface area contributed by atoms with Gasteiger partial charge in [0.1, 0.15) is 0 Å². The van der Waals surface area contributed by atoms with Crippen molar-refractivity contribution in [3.8, 4) is 0 Å². The average Bonchev–Trinajstić information content (AvgIpc) is 3.15. The Hall–Kier alpha value is -0.600. The predicted octanol–water partition coefficient (Wildman–Crippen LogP) is 4.62. The summed E-state index contributed by atoms with van der Waals surface area (Å²) in [6, 6.07) is 0. The fraction of sp³-hybridized carbons (Fsp3) is 0.800. The summed E-state index contributed by atoms with van der Waals surface area (Å²) < 4.78 is 0. The summed E-state index contributed by atoms with van der Waals surface area (Å²) in [5.41, 5.74) is 0.409. The van der Waals surface area contributed by atoms with Gasteiger partial charge in [0.2, 0.25) is 0 Å². The SMILES string of the molecule is C/C1=C/CC[C@](C)(O)[C@H]2C[C@@H]2[C@@](C)(C/C=C/C(C)(C)O)CC1. The molecule has 0 radical (unpaired) electrons. The van der Waals surface area contributed by atoms with Gasteiger partial charge < -0.3 is 10.2 Å². The Balaban J connectivity index is 2.15. The molecule has 126 valence electrons. The second-order valence-electron chi connectivity index (χ2n) is 8.81.